The average Bonchev–Trinajstić information content (AvgIpc) is 2.45. The van der Waals surface area contributed by atoms with Crippen LogP contribution in [0.3, 0.4) is 0 Å². The molecule has 1 amide bonds. The first-order chi connectivity index (χ1) is 9.58. The molecule has 0 spiro atoms. The van der Waals surface area contributed by atoms with Crippen LogP contribution in [0.4, 0.5) is 10.1 Å². The van der Waals surface area contributed by atoms with Crippen molar-refractivity contribution in [3.8, 4) is 0 Å². The van der Waals surface area contributed by atoms with Crippen LogP contribution < -0.4 is 11.1 Å². The third-order valence-corrected chi connectivity index (χ3v) is 2.53. The minimum atomic E-state index is -0.630. The van der Waals surface area contributed by atoms with E-state index in [4.69, 9.17) is 15.7 Å². The number of amides is 1. The Balaban J connectivity index is 2.62. The molecule has 0 fully saturated rings. The highest BCUT2D eigenvalue weighted by atomic mass is 19.1. The molecule has 0 saturated carbocycles. The van der Waals surface area contributed by atoms with Crippen molar-refractivity contribution in [2.45, 2.75) is 19.8 Å². The number of nitrogens with two attached hydrogens (primary N) is 1. The predicted molar refractivity (Wildman–Crippen MR) is 73.3 cm³/mol. The third kappa shape index (κ3) is 4.85. The number of hydrogen-bond acceptors (Lipinski definition) is 4. The van der Waals surface area contributed by atoms with Crippen molar-refractivity contribution in [1.29, 1.82) is 0 Å². The summed E-state index contributed by atoms with van der Waals surface area (Å²) in [5.41, 5.74) is 5.65. The Hall–Kier alpha value is -2.15. The van der Waals surface area contributed by atoms with Crippen molar-refractivity contribution in [1.82, 2.24) is 0 Å². The summed E-state index contributed by atoms with van der Waals surface area (Å²) >= 11 is 0. The maximum Gasteiger partial charge on any atom is 0.224 e. The molecule has 4 N–H and O–H groups in total. The van der Waals surface area contributed by atoms with Crippen LogP contribution in [0, 0.1) is 5.82 Å². The molecule has 0 bridgehead atoms. The topological polar surface area (TPSA) is 96.9 Å². The Kier molecular flexibility index (Phi) is 6.45. The minimum absolute atomic E-state index is 0.0698. The number of halogens is 1. The normalized spacial score (nSPS) is 11.4. The second-order valence-corrected chi connectivity index (χ2v) is 4.03. The second-order valence-electron chi connectivity index (χ2n) is 4.03. The molecule has 0 aliphatic rings. The van der Waals surface area contributed by atoms with Crippen molar-refractivity contribution in [2.75, 3.05) is 18.5 Å². The van der Waals surface area contributed by atoms with E-state index in [-0.39, 0.29) is 17.3 Å². The van der Waals surface area contributed by atoms with Gasteiger partial charge < -0.3 is 21.0 Å². The number of oxime groups is 1. The summed E-state index contributed by atoms with van der Waals surface area (Å²) < 4.78 is 18.6. The lowest BCUT2D eigenvalue weighted by Crippen LogP contribution is -2.17. The molecule has 6 nitrogen and oxygen atoms in total. The molecule has 0 unspecified atom stereocenters. The number of nitrogens with one attached hydrogen (secondary N) is 1. The van der Waals surface area contributed by atoms with Gasteiger partial charge in [0.25, 0.3) is 0 Å². The highest BCUT2D eigenvalue weighted by molar-refractivity contribution is 5.99. The van der Waals surface area contributed by atoms with E-state index in [0.29, 0.717) is 31.7 Å². The molecule has 0 heterocycles. The molecule has 1 aromatic carbocycles. The zero-order valence-corrected chi connectivity index (χ0v) is 11.2. The lowest BCUT2D eigenvalue weighted by molar-refractivity contribution is -0.116. The molecule has 1 aromatic rings. The molecule has 0 aliphatic heterocycles. The number of ether oxygens (including phenoxy) is 1. The van der Waals surface area contributed by atoms with Crippen molar-refractivity contribution < 1.29 is 19.1 Å². The molecular formula is C13H18FN3O3. The molecule has 110 valence electrons. The van der Waals surface area contributed by atoms with Crippen LogP contribution in [-0.2, 0) is 9.53 Å². The first-order valence-electron chi connectivity index (χ1n) is 6.23. The lowest BCUT2D eigenvalue weighted by atomic mass is 10.1. The standard InChI is InChI=1S/C13H18FN3O3/c1-2-20-7-3-4-12(18)16-9-5-6-11(14)10(8-9)13(15)17-19/h5-6,8,19H,2-4,7H2,1H3,(H2,15,17)(H,16,18). The summed E-state index contributed by atoms with van der Waals surface area (Å²) in [7, 11) is 0. The first kappa shape index (κ1) is 15.9. The number of rotatable bonds is 7. The van der Waals surface area contributed by atoms with Gasteiger partial charge in [0.2, 0.25) is 5.91 Å². The fourth-order valence-electron chi connectivity index (χ4n) is 1.56. The Morgan fingerprint density at radius 3 is 2.95 bits per heavy atom. The highest BCUT2D eigenvalue weighted by Gasteiger charge is 2.09. The Labute approximate surface area is 116 Å². The first-order valence-corrected chi connectivity index (χ1v) is 6.23. The highest BCUT2D eigenvalue weighted by Crippen LogP contribution is 2.15. The van der Waals surface area contributed by atoms with Crippen LogP contribution >= 0.6 is 0 Å². The number of carbonyl (C=O) groups excluding carboxylic acids is 1. The summed E-state index contributed by atoms with van der Waals surface area (Å²) in [6.45, 7) is 3.01. The van der Waals surface area contributed by atoms with Gasteiger partial charge >= 0.3 is 0 Å². The number of carbonyl (C=O) groups is 1. The molecule has 0 atom stereocenters. The number of benzene rings is 1. The Morgan fingerprint density at radius 2 is 2.30 bits per heavy atom. The van der Waals surface area contributed by atoms with Crippen molar-refractivity contribution in [3.63, 3.8) is 0 Å². The summed E-state index contributed by atoms with van der Waals surface area (Å²) in [4.78, 5) is 11.6. The zero-order chi connectivity index (χ0) is 15.0. The second kappa shape index (κ2) is 8.11. The molecular weight excluding hydrogens is 265 g/mol. The minimum Gasteiger partial charge on any atom is -0.409 e. The molecule has 20 heavy (non-hydrogen) atoms. The number of anilines is 1. The van der Waals surface area contributed by atoms with Crippen molar-refractivity contribution in [3.05, 3.63) is 29.6 Å². The van der Waals surface area contributed by atoms with Gasteiger partial charge in [-0.05, 0) is 31.5 Å². The van der Waals surface area contributed by atoms with Gasteiger partial charge in [-0.2, -0.15) is 0 Å². The van der Waals surface area contributed by atoms with Gasteiger partial charge in [0.15, 0.2) is 5.84 Å². The SMILES string of the molecule is CCOCCCC(=O)Nc1ccc(F)c(/C(N)=N/O)c1. The molecule has 0 saturated heterocycles. The Morgan fingerprint density at radius 1 is 1.55 bits per heavy atom. The van der Waals surface area contributed by atoms with Crippen LogP contribution in [0.2, 0.25) is 0 Å². The fraction of sp³-hybridized carbons (Fsp3) is 0.385. The maximum atomic E-state index is 13.4. The molecule has 7 heteroatoms. The number of hydrogen-bond donors (Lipinski definition) is 3. The van der Waals surface area contributed by atoms with Crippen LogP contribution in [-0.4, -0.2) is 30.2 Å². The van der Waals surface area contributed by atoms with Crippen molar-refractivity contribution >= 4 is 17.4 Å². The molecule has 0 aliphatic carbocycles. The van der Waals surface area contributed by atoms with Gasteiger partial charge in [0, 0.05) is 25.3 Å². The van der Waals surface area contributed by atoms with E-state index in [9.17, 15) is 9.18 Å². The van der Waals surface area contributed by atoms with Crippen molar-refractivity contribution in [2.24, 2.45) is 10.9 Å². The van der Waals surface area contributed by atoms with E-state index in [1.807, 2.05) is 6.92 Å². The van der Waals surface area contributed by atoms with Gasteiger partial charge in [-0.3, -0.25) is 4.79 Å². The summed E-state index contributed by atoms with van der Waals surface area (Å²) in [5.74, 6) is -1.19. The summed E-state index contributed by atoms with van der Waals surface area (Å²) in [5, 5.41) is 13.9. The largest absolute Gasteiger partial charge is 0.409 e. The smallest absolute Gasteiger partial charge is 0.224 e. The van der Waals surface area contributed by atoms with Crippen LogP contribution in [0.15, 0.2) is 23.4 Å². The summed E-state index contributed by atoms with van der Waals surface area (Å²) in [6.07, 6.45) is 0.907. The predicted octanol–water partition coefficient (Wildman–Crippen LogP) is 1.68. The summed E-state index contributed by atoms with van der Waals surface area (Å²) in [6, 6.07) is 3.86. The van der Waals surface area contributed by atoms with E-state index in [0.717, 1.165) is 6.07 Å². The van der Waals surface area contributed by atoms with Gasteiger partial charge in [-0.25, -0.2) is 4.39 Å². The van der Waals surface area contributed by atoms with Gasteiger partial charge in [-0.15, -0.1) is 0 Å². The van der Waals surface area contributed by atoms with E-state index >= 15 is 0 Å². The number of nitrogens with zero attached hydrogens (tertiary/aromatic N) is 1. The van der Waals surface area contributed by atoms with E-state index in [2.05, 4.69) is 10.5 Å². The quantitative estimate of drug-likeness (QED) is 0.233. The van der Waals surface area contributed by atoms with Crippen LogP contribution in [0.1, 0.15) is 25.3 Å². The zero-order valence-electron chi connectivity index (χ0n) is 11.2. The van der Waals surface area contributed by atoms with Crippen LogP contribution in [0.25, 0.3) is 0 Å². The van der Waals surface area contributed by atoms with E-state index in [1.165, 1.54) is 12.1 Å². The lowest BCUT2D eigenvalue weighted by Gasteiger charge is -2.08. The molecule has 0 aromatic heterocycles. The molecule has 1 rings (SSSR count). The third-order valence-electron chi connectivity index (χ3n) is 2.53. The van der Waals surface area contributed by atoms with E-state index in [1.54, 1.807) is 0 Å². The monoisotopic (exact) mass is 283 g/mol. The molecule has 0 radical (unpaired) electrons. The van der Waals surface area contributed by atoms with Crippen LogP contribution in [0.5, 0.6) is 0 Å². The van der Waals surface area contributed by atoms with Gasteiger partial charge in [0.05, 0.1) is 5.56 Å². The van der Waals surface area contributed by atoms with E-state index < -0.39 is 5.82 Å². The van der Waals surface area contributed by atoms with Gasteiger partial charge in [0.1, 0.15) is 5.82 Å². The number of amidine groups is 1. The fourth-order valence-corrected chi connectivity index (χ4v) is 1.56. The maximum absolute atomic E-state index is 13.4. The average molecular weight is 283 g/mol. The Bertz CT molecular complexity index is 492. The van der Waals surface area contributed by atoms with Gasteiger partial charge in [-0.1, -0.05) is 5.16 Å².